The average Bonchev–Trinajstić information content (AvgIpc) is 2.46. The molecule has 0 radical (unpaired) electrons. The molecule has 0 saturated carbocycles. The van der Waals surface area contributed by atoms with Gasteiger partial charge in [0.25, 0.3) is 0 Å². The normalized spacial score (nSPS) is 24.9. The van der Waals surface area contributed by atoms with Crippen LogP contribution in [0.4, 0.5) is 0 Å². The van der Waals surface area contributed by atoms with Gasteiger partial charge in [-0.15, -0.1) is 0 Å². The Balaban J connectivity index is 1.67. The highest BCUT2D eigenvalue weighted by Crippen LogP contribution is 2.28. The summed E-state index contributed by atoms with van der Waals surface area (Å²) in [5.74, 6) is 2.72. The van der Waals surface area contributed by atoms with E-state index in [1.165, 1.54) is 64.8 Å². The van der Waals surface area contributed by atoms with E-state index in [1.807, 2.05) is 0 Å². The first-order chi connectivity index (χ1) is 9.56. The van der Waals surface area contributed by atoms with E-state index in [9.17, 15) is 0 Å². The summed E-state index contributed by atoms with van der Waals surface area (Å²) in [6.45, 7) is 16.2. The first kappa shape index (κ1) is 16.3. The SMILES string of the molecule is CC(C)CCN1CCC(N2CCC(C(C)C)CC2)CC1. The summed E-state index contributed by atoms with van der Waals surface area (Å²) in [6.07, 6.45) is 7.05. The lowest BCUT2D eigenvalue weighted by Crippen LogP contribution is -2.48. The number of likely N-dealkylation sites (tertiary alicyclic amines) is 2. The number of hydrogen-bond donors (Lipinski definition) is 0. The molecule has 2 rings (SSSR count). The second kappa shape index (κ2) is 7.79. The van der Waals surface area contributed by atoms with Crippen molar-refractivity contribution in [3.63, 3.8) is 0 Å². The fourth-order valence-corrected chi connectivity index (χ4v) is 3.90. The minimum atomic E-state index is 0.850. The Morgan fingerprint density at radius 2 is 1.45 bits per heavy atom. The fourth-order valence-electron chi connectivity index (χ4n) is 3.90. The van der Waals surface area contributed by atoms with Crippen LogP contribution in [0.25, 0.3) is 0 Å². The Labute approximate surface area is 126 Å². The standard InChI is InChI=1S/C18H36N2/c1-15(2)5-10-19-11-8-18(9-12-19)20-13-6-17(7-14-20)16(3)4/h15-18H,5-14H2,1-4H3. The lowest BCUT2D eigenvalue weighted by Gasteiger charge is -2.42. The van der Waals surface area contributed by atoms with Gasteiger partial charge in [0.2, 0.25) is 0 Å². The Bertz CT molecular complexity index is 259. The van der Waals surface area contributed by atoms with Gasteiger partial charge in [0, 0.05) is 6.04 Å². The van der Waals surface area contributed by atoms with E-state index in [1.54, 1.807) is 0 Å². The highest BCUT2D eigenvalue weighted by atomic mass is 15.2. The Hall–Kier alpha value is -0.0800. The van der Waals surface area contributed by atoms with Crippen molar-refractivity contribution < 1.29 is 0 Å². The number of nitrogens with zero attached hydrogens (tertiary/aromatic N) is 2. The predicted molar refractivity (Wildman–Crippen MR) is 88.1 cm³/mol. The van der Waals surface area contributed by atoms with Crippen molar-refractivity contribution in [2.24, 2.45) is 17.8 Å². The van der Waals surface area contributed by atoms with Crippen molar-refractivity contribution in [1.29, 1.82) is 0 Å². The Morgan fingerprint density at radius 3 is 1.95 bits per heavy atom. The molecule has 2 aliphatic rings. The van der Waals surface area contributed by atoms with Gasteiger partial charge in [0.15, 0.2) is 0 Å². The predicted octanol–water partition coefficient (Wildman–Crippen LogP) is 3.86. The molecule has 0 aromatic rings. The van der Waals surface area contributed by atoms with Crippen LogP contribution < -0.4 is 0 Å². The summed E-state index contributed by atoms with van der Waals surface area (Å²) in [7, 11) is 0. The zero-order valence-corrected chi connectivity index (χ0v) is 14.3. The molecule has 0 aromatic carbocycles. The van der Waals surface area contributed by atoms with E-state index in [4.69, 9.17) is 0 Å². The number of hydrogen-bond acceptors (Lipinski definition) is 2. The van der Waals surface area contributed by atoms with Crippen LogP contribution >= 0.6 is 0 Å². The van der Waals surface area contributed by atoms with Gasteiger partial charge in [-0.1, -0.05) is 27.7 Å². The molecular weight excluding hydrogens is 244 g/mol. The van der Waals surface area contributed by atoms with E-state index >= 15 is 0 Å². The van der Waals surface area contributed by atoms with Gasteiger partial charge in [0.05, 0.1) is 0 Å². The Kier molecular flexibility index (Phi) is 6.35. The molecule has 2 saturated heterocycles. The smallest absolute Gasteiger partial charge is 0.0120 e. The third kappa shape index (κ3) is 4.73. The molecule has 2 nitrogen and oxygen atoms in total. The lowest BCUT2D eigenvalue weighted by atomic mass is 9.85. The zero-order valence-electron chi connectivity index (χ0n) is 14.3. The van der Waals surface area contributed by atoms with Gasteiger partial charge in [0.1, 0.15) is 0 Å². The molecular formula is C18H36N2. The van der Waals surface area contributed by atoms with Gasteiger partial charge >= 0.3 is 0 Å². The van der Waals surface area contributed by atoms with Gasteiger partial charge in [-0.3, -0.25) is 0 Å². The molecule has 0 spiro atoms. The maximum absolute atomic E-state index is 2.80. The van der Waals surface area contributed by atoms with Crippen molar-refractivity contribution in [2.45, 2.75) is 65.8 Å². The largest absolute Gasteiger partial charge is 0.303 e. The minimum absolute atomic E-state index is 0.850. The first-order valence-corrected chi connectivity index (χ1v) is 9.02. The first-order valence-electron chi connectivity index (χ1n) is 9.02. The van der Waals surface area contributed by atoms with Crippen LogP contribution in [-0.2, 0) is 0 Å². The zero-order chi connectivity index (χ0) is 14.5. The van der Waals surface area contributed by atoms with E-state index in [-0.39, 0.29) is 0 Å². The molecule has 0 aliphatic carbocycles. The summed E-state index contributed by atoms with van der Waals surface area (Å²) in [6, 6.07) is 0.887. The number of rotatable bonds is 5. The molecule has 2 fully saturated rings. The van der Waals surface area contributed by atoms with Crippen molar-refractivity contribution in [3.8, 4) is 0 Å². The molecule has 0 unspecified atom stereocenters. The highest BCUT2D eigenvalue weighted by Gasteiger charge is 2.28. The van der Waals surface area contributed by atoms with Crippen LogP contribution in [0.1, 0.15) is 59.8 Å². The monoisotopic (exact) mass is 280 g/mol. The number of piperidine rings is 2. The van der Waals surface area contributed by atoms with Crippen molar-refractivity contribution in [1.82, 2.24) is 9.80 Å². The lowest BCUT2D eigenvalue weighted by molar-refractivity contribution is 0.0679. The van der Waals surface area contributed by atoms with E-state index in [0.29, 0.717) is 0 Å². The molecule has 0 bridgehead atoms. The summed E-state index contributed by atoms with van der Waals surface area (Å²) in [5.41, 5.74) is 0. The van der Waals surface area contributed by atoms with Crippen molar-refractivity contribution in [2.75, 3.05) is 32.7 Å². The summed E-state index contributed by atoms with van der Waals surface area (Å²) in [4.78, 5) is 5.50. The summed E-state index contributed by atoms with van der Waals surface area (Å²) >= 11 is 0. The summed E-state index contributed by atoms with van der Waals surface area (Å²) < 4.78 is 0. The fraction of sp³-hybridized carbons (Fsp3) is 1.00. The summed E-state index contributed by atoms with van der Waals surface area (Å²) in [5, 5.41) is 0. The van der Waals surface area contributed by atoms with Crippen molar-refractivity contribution >= 4 is 0 Å². The van der Waals surface area contributed by atoms with Gasteiger partial charge < -0.3 is 9.80 Å². The second-order valence-corrected chi connectivity index (χ2v) is 7.87. The molecule has 0 N–H and O–H groups in total. The van der Waals surface area contributed by atoms with Crippen LogP contribution in [0.15, 0.2) is 0 Å². The molecule has 20 heavy (non-hydrogen) atoms. The van der Waals surface area contributed by atoms with Crippen LogP contribution in [0.3, 0.4) is 0 Å². The topological polar surface area (TPSA) is 6.48 Å². The van der Waals surface area contributed by atoms with Crippen LogP contribution in [-0.4, -0.2) is 48.6 Å². The van der Waals surface area contributed by atoms with E-state index in [2.05, 4.69) is 37.5 Å². The van der Waals surface area contributed by atoms with Gasteiger partial charge in [-0.05, 0) is 82.6 Å². The quantitative estimate of drug-likeness (QED) is 0.754. The molecule has 2 heteroatoms. The van der Waals surface area contributed by atoms with Crippen LogP contribution in [0.5, 0.6) is 0 Å². The highest BCUT2D eigenvalue weighted by molar-refractivity contribution is 4.84. The second-order valence-electron chi connectivity index (χ2n) is 7.87. The van der Waals surface area contributed by atoms with Crippen LogP contribution in [0.2, 0.25) is 0 Å². The molecule has 118 valence electrons. The Morgan fingerprint density at radius 1 is 0.850 bits per heavy atom. The van der Waals surface area contributed by atoms with Gasteiger partial charge in [-0.25, -0.2) is 0 Å². The third-order valence-electron chi connectivity index (χ3n) is 5.61. The van der Waals surface area contributed by atoms with E-state index < -0.39 is 0 Å². The molecule has 0 atom stereocenters. The maximum atomic E-state index is 2.80. The third-order valence-corrected chi connectivity index (χ3v) is 5.61. The van der Waals surface area contributed by atoms with Gasteiger partial charge in [-0.2, -0.15) is 0 Å². The molecule has 0 aromatic heterocycles. The molecule has 0 amide bonds. The maximum Gasteiger partial charge on any atom is 0.0120 e. The minimum Gasteiger partial charge on any atom is -0.303 e. The molecule has 2 heterocycles. The van der Waals surface area contributed by atoms with E-state index in [0.717, 1.165) is 23.8 Å². The molecule has 2 aliphatic heterocycles. The average molecular weight is 280 g/mol. The van der Waals surface area contributed by atoms with Crippen LogP contribution in [0, 0.1) is 17.8 Å². The van der Waals surface area contributed by atoms with Crippen molar-refractivity contribution in [3.05, 3.63) is 0 Å².